The van der Waals surface area contributed by atoms with Gasteiger partial charge in [0.05, 0.1) is 11.2 Å². The maximum atomic E-state index is 13.1. The highest BCUT2D eigenvalue weighted by molar-refractivity contribution is 7.07. The van der Waals surface area contributed by atoms with Crippen molar-refractivity contribution in [2.45, 2.75) is 19.5 Å². The average Bonchev–Trinajstić information content (AvgIpc) is 2.82. The second-order valence-corrected chi connectivity index (χ2v) is 4.50. The minimum atomic E-state index is -0.347. The van der Waals surface area contributed by atoms with Gasteiger partial charge in [0.25, 0.3) is 0 Å². The lowest BCUT2D eigenvalue weighted by molar-refractivity contribution is 0.448. The molecule has 0 saturated heterocycles. The number of thiazole rings is 1. The van der Waals surface area contributed by atoms with E-state index >= 15 is 0 Å². The number of hydrogen-bond acceptors (Lipinski definition) is 4. The van der Waals surface area contributed by atoms with Crippen LogP contribution in [0.25, 0.3) is 0 Å². The topological polar surface area (TPSA) is 45.2 Å². The van der Waals surface area contributed by atoms with Crippen molar-refractivity contribution in [2.75, 3.05) is 0 Å². The Balaban J connectivity index is 2.04. The molecule has 1 atom stereocenters. The van der Waals surface area contributed by atoms with Gasteiger partial charge in [0.1, 0.15) is 11.6 Å². The maximum Gasteiger partial charge on any atom is 0.123 e. The van der Waals surface area contributed by atoms with Gasteiger partial charge in [0, 0.05) is 23.5 Å². The van der Waals surface area contributed by atoms with Gasteiger partial charge < -0.3 is 10.4 Å². The van der Waals surface area contributed by atoms with Crippen LogP contribution >= 0.6 is 11.3 Å². The minimum absolute atomic E-state index is 0.102. The van der Waals surface area contributed by atoms with Gasteiger partial charge in [-0.25, -0.2) is 9.37 Å². The lowest BCUT2D eigenvalue weighted by Crippen LogP contribution is -2.18. The van der Waals surface area contributed by atoms with Gasteiger partial charge in [-0.3, -0.25) is 0 Å². The molecule has 0 aliphatic rings. The molecule has 0 spiro atoms. The first-order valence-corrected chi connectivity index (χ1v) is 6.20. The van der Waals surface area contributed by atoms with E-state index in [0.717, 1.165) is 5.69 Å². The molecule has 2 aromatic rings. The van der Waals surface area contributed by atoms with Gasteiger partial charge in [-0.15, -0.1) is 11.3 Å². The Labute approximate surface area is 103 Å². The number of nitrogens with one attached hydrogen (secondary N) is 1. The molecule has 5 heteroatoms. The van der Waals surface area contributed by atoms with Crippen LogP contribution in [0.2, 0.25) is 0 Å². The molecule has 1 heterocycles. The third kappa shape index (κ3) is 3.01. The Morgan fingerprint density at radius 2 is 2.35 bits per heavy atom. The van der Waals surface area contributed by atoms with Gasteiger partial charge >= 0.3 is 0 Å². The summed E-state index contributed by atoms with van der Waals surface area (Å²) in [5, 5.41) is 14.8. The second-order valence-electron chi connectivity index (χ2n) is 3.79. The molecule has 2 N–H and O–H groups in total. The molecular formula is C12H13FN2OS. The normalized spacial score (nSPS) is 12.6. The van der Waals surface area contributed by atoms with Gasteiger partial charge in [-0.2, -0.15) is 0 Å². The predicted molar refractivity (Wildman–Crippen MR) is 65.4 cm³/mol. The molecule has 90 valence electrons. The number of phenolic OH excluding ortho intramolecular Hbond substituents is 1. The van der Waals surface area contributed by atoms with E-state index in [-0.39, 0.29) is 17.6 Å². The van der Waals surface area contributed by atoms with E-state index in [1.54, 1.807) is 5.51 Å². The molecule has 1 unspecified atom stereocenters. The van der Waals surface area contributed by atoms with E-state index in [1.165, 1.54) is 29.5 Å². The SMILES string of the molecule is CC(NCc1cscn1)c1cc(F)ccc1O. The first-order chi connectivity index (χ1) is 8.16. The van der Waals surface area contributed by atoms with Crippen LogP contribution < -0.4 is 5.32 Å². The monoisotopic (exact) mass is 252 g/mol. The number of halogens is 1. The molecule has 1 aromatic carbocycles. The zero-order valence-electron chi connectivity index (χ0n) is 9.35. The summed E-state index contributed by atoms with van der Waals surface area (Å²) in [6, 6.07) is 3.82. The van der Waals surface area contributed by atoms with E-state index in [1.807, 2.05) is 12.3 Å². The number of nitrogens with zero attached hydrogens (tertiary/aromatic N) is 1. The van der Waals surface area contributed by atoms with Crippen LogP contribution in [-0.2, 0) is 6.54 Å². The van der Waals surface area contributed by atoms with Crippen LogP contribution in [0.5, 0.6) is 5.75 Å². The largest absolute Gasteiger partial charge is 0.508 e. The second kappa shape index (κ2) is 5.25. The van der Waals surface area contributed by atoms with Crippen molar-refractivity contribution >= 4 is 11.3 Å². The summed E-state index contributed by atoms with van der Waals surface area (Å²) in [7, 11) is 0. The standard InChI is InChI=1S/C12H13FN2OS/c1-8(14-5-10-6-17-7-15-10)11-4-9(13)2-3-12(11)16/h2-4,6-8,14,16H,5H2,1H3. The number of aromatic nitrogens is 1. The van der Waals surface area contributed by atoms with Crippen molar-refractivity contribution in [1.82, 2.24) is 10.3 Å². The van der Waals surface area contributed by atoms with Crippen molar-refractivity contribution in [3.05, 3.63) is 46.2 Å². The van der Waals surface area contributed by atoms with Crippen LogP contribution in [0, 0.1) is 5.82 Å². The highest BCUT2D eigenvalue weighted by Gasteiger charge is 2.11. The van der Waals surface area contributed by atoms with Crippen LogP contribution in [0.4, 0.5) is 4.39 Å². The molecule has 0 amide bonds. The Morgan fingerprint density at radius 3 is 3.06 bits per heavy atom. The molecule has 17 heavy (non-hydrogen) atoms. The molecule has 1 aromatic heterocycles. The Bertz CT molecular complexity index is 487. The number of phenols is 1. The predicted octanol–water partition coefficient (Wildman–Crippen LogP) is 2.84. The fraction of sp³-hybridized carbons (Fsp3) is 0.250. The van der Waals surface area contributed by atoms with Crippen molar-refractivity contribution in [1.29, 1.82) is 0 Å². The first kappa shape index (κ1) is 12.0. The van der Waals surface area contributed by atoms with Gasteiger partial charge in [0.15, 0.2) is 0 Å². The fourth-order valence-corrected chi connectivity index (χ4v) is 2.12. The van der Waals surface area contributed by atoms with Crippen LogP contribution in [0.15, 0.2) is 29.1 Å². The van der Waals surface area contributed by atoms with E-state index < -0.39 is 0 Å². The average molecular weight is 252 g/mol. The number of benzene rings is 1. The van der Waals surface area contributed by atoms with E-state index in [9.17, 15) is 9.50 Å². The summed E-state index contributed by atoms with van der Waals surface area (Å²) in [6.07, 6.45) is 0. The smallest absolute Gasteiger partial charge is 0.123 e. The molecular weight excluding hydrogens is 239 g/mol. The quantitative estimate of drug-likeness (QED) is 0.879. The Hall–Kier alpha value is -1.46. The fourth-order valence-electron chi connectivity index (χ4n) is 1.56. The molecule has 0 aliphatic carbocycles. The molecule has 2 rings (SSSR count). The van der Waals surface area contributed by atoms with Crippen LogP contribution in [-0.4, -0.2) is 10.1 Å². The molecule has 0 saturated carbocycles. The summed E-state index contributed by atoms with van der Waals surface area (Å²) in [6.45, 7) is 2.47. The minimum Gasteiger partial charge on any atom is -0.508 e. The zero-order chi connectivity index (χ0) is 12.3. The summed E-state index contributed by atoms with van der Waals surface area (Å²) >= 11 is 1.53. The molecule has 0 bridgehead atoms. The van der Waals surface area contributed by atoms with Crippen molar-refractivity contribution < 1.29 is 9.50 Å². The van der Waals surface area contributed by atoms with Crippen LogP contribution in [0.1, 0.15) is 24.2 Å². The zero-order valence-corrected chi connectivity index (χ0v) is 10.2. The Morgan fingerprint density at radius 1 is 1.53 bits per heavy atom. The van der Waals surface area contributed by atoms with Crippen molar-refractivity contribution in [3.63, 3.8) is 0 Å². The summed E-state index contributed by atoms with van der Waals surface area (Å²) < 4.78 is 13.1. The first-order valence-electron chi connectivity index (χ1n) is 5.25. The maximum absolute atomic E-state index is 13.1. The van der Waals surface area contributed by atoms with Gasteiger partial charge in [0.2, 0.25) is 0 Å². The molecule has 0 fully saturated rings. The lowest BCUT2D eigenvalue weighted by Gasteiger charge is -2.14. The highest BCUT2D eigenvalue weighted by atomic mass is 32.1. The summed E-state index contributed by atoms with van der Waals surface area (Å²) in [5.74, 6) is -0.246. The van der Waals surface area contributed by atoms with E-state index in [0.29, 0.717) is 12.1 Å². The van der Waals surface area contributed by atoms with E-state index in [4.69, 9.17) is 0 Å². The number of aromatic hydroxyl groups is 1. The molecule has 3 nitrogen and oxygen atoms in total. The lowest BCUT2D eigenvalue weighted by atomic mass is 10.1. The number of hydrogen-bond donors (Lipinski definition) is 2. The third-order valence-corrected chi connectivity index (χ3v) is 3.16. The van der Waals surface area contributed by atoms with Crippen molar-refractivity contribution in [2.24, 2.45) is 0 Å². The molecule has 0 radical (unpaired) electrons. The molecule has 0 aliphatic heterocycles. The summed E-state index contributed by atoms with van der Waals surface area (Å²) in [5.41, 5.74) is 3.26. The van der Waals surface area contributed by atoms with E-state index in [2.05, 4.69) is 10.3 Å². The van der Waals surface area contributed by atoms with Gasteiger partial charge in [-0.1, -0.05) is 0 Å². The third-order valence-electron chi connectivity index (χ3n) is 2.53. The Kier molecular flexibility index (Phi) is 3.71. The summed E-state index contributed by atoms with van der Waals surface area (Å²) in [4.78, 5) is 4.14. The van der Waals surface area contributed by atoms with Crippen LogP contribution in [0.3, 0.4) is 0 Å². The number of rotatable bonds is 4. The highest BCUT2D eigenvalue weighted by Crippen LogP contribution is 2.24. The van der Waals surface area contributed by atoms with Crippen molar-refractivity contribution in [3.8, 4) is 5.75 Å². The van der Waals surface area contributed by atoms with Gasteiger partial charge in [-0.05, 0) is 25.1 Å².